The van der Waals surface area contributed by atoms with Crippen LogP contribution in [0.2, 0.25) is 0 Å². The van der Waals surface area contributed by atoms with Crippen LogP contribution in [0.3, 0.4) is 0 Å². The van der Waals surface area contributed by atoms with Gasteiger partial charge in [-0.15, -0.1) is 5.92 Å². The van der Waals surface area contributed by atoms with Crippen LogP contribution in [0.15, 0.2) is 94.8 Å². The molecule has 5 rings (SSSR count). The number of hydrogen-bond acceptors (Lipinski definition) is 11. The monoisotopic (exact) mass is 906 g/mol. The molecule has 2 heterocycles. The van der Waals surface area contributed by atoms with Gasteiger partial charge in [-0.3, -0.25) is 4.57 Å². The van der Waals surface area contributed by atoms with Crippen LogP contribution in [-0.2, 0) is 19.2 Å². The van der Waals surface area contributed by atoms with Crippen LogP contribution in [0.4, 0.5) is 5.82 Å². The SMILES string of the molecule is CC#Cc1cn([C@H]2C[C@H](OP(OCCC#N)N(C(C)C)C(C)C)[C@@H](C(O)C(c3ccccc3)(c3ccc(OC)cc3)c3ccc(OC)cc3)O2)c(=O)nc1N=CN(CC(C)C)CC(C)C. The van der Waals surface area contributed by atoms with Crippen molar-refractivity contribution in [1.29, 1.82) is 5.26 Å². The molecule has 4 aromatic rings. The molecule has 3 aromatic carbocycles. The Bertz CT molecular complexity index is 2240. The van der Waals surface area contributed by atoms with E-state index in [9.17, 15) is 15.2 Å². The Hall–Kier alpha value is -5.11. The second-order valence-electron chi connectivity index (χ2n) is 17.6. The summed E-state index contributed by atoms with van der Waals surface area (Å²) in [6.45, 7) is 20.3. The van der Waals surface area contributed by atoms with Crippen molar-refractivity contribution >= 4 is 20.7 Å². The predicted molar refractivity (Wildman–Crippen MR) is 257 cm³/mol. The lowest BCUT2D eigenvalue weighted by Gasteiger charge is -2.44. The predicted octanol–water partition coefficient (Wildman–Crippen LogP) is 9.25. The Balaban J connectivity index is 1.73. The lowest BCUT2D eigenvalue weighted by molar-refractivity contribution is -0.0952. The number of benzene rings is 3. The number of ether oxygens (including phenoxy) is 3. The van der Waals surface area contributed by atoms with Gasteiger partial charge in [-0.05, 0) is 87.4 Å². The summed E-state index contributed by atoms with van der Waals surface area (Å²) >= 11 is 0. The molecule has 1 saturated heterocycles. The lowest BCUT2D eigenvalue weighted by Crippen LogP contribution is -2.52. The van der Waals surface area contributed by atoms with Gasteiger partial charge in [-0.25, -0.2) is 14.5 Å². The third-order valence-electron chi connectivity index (χ3n) is 11.1. The highest BCUT2D eigenvalue weighted by atomic mass is 31.2. The summed E-state index contributed by atoms with van der Waals surface area (Å²) in [5.41, 5.74) is 0.895. The number of rotatable bonds is 22. The van der Waals surface area contributed by atoms with Crippen molar-refractivity contribution in [3.63, 3.8) is 0 Å². The maximum Gasteiger partial charge on any atom is 0.351 e. The van der Waals surface area contributed by atoms with Crippen LogP contribution in [0.1, 0.15) is 104 Å². The van der Waals surface area contributed by atoms with Gasteiger partial charge in [0.1, 0.15) is 29.9 Å². The van der Waals surface area contributed by atoms with E-state index in [4.69, 9.17) is 28.3 Å². The fraction of sp³-hybridized carbons (Fsp3) is 0.490. The summed E-state index contributed by atoms with van der Waals surface area (Å²) in [5.74, 6) is 8.39. The van der Waals surface area contributed by atoms with Crippen molar-refractivity contribution in [1.82, 2.24) is 19.1 Å². The van der Waals surface area contributed by atoms with E-state index in [1.807, 2.05) is 78.9 Å². The smallest absolute Gasteiger partial charge is 0.351 e. The Labute approximate surface area is 387 Å². The third kappa shape index (κ3) is 12.4. The zero-order chi connectivity index (χ0) is 47.3. The second kappa shape index (κ2) is 23.9. The highest BCUT2D eigenvalue weighted by Gasteiger charge is 2.54. The molecular weight excluding hydrogens is 840 g/mol. The molecule has 1 aromatic heterocycles. The minimum absolute atomic E-state index is 0.00112. The molecule has 2 unspecified atom stereocenters. The molecule has 1 fully saturated rings. The zero-order valence-corrected chi connectivity index (χ0v) is 40.7. The molecule has 5 atom stereocenters. The number of aliphatic imine (C=N–C) groups is 1. The average Bonchev–Trinajstić information content (AvgIpc) is 3.69. The number of aliphatic hydroxyl groups excluding tert-OH is 1. The van der Waals surface area contributed by atoms with Crippen LogP contribution >= 0.6 is 8.53 Å². The average molecular weight is 907 g/mol. The van der Waals surface area contributed by atoms with Crippen molar-refractivity contribution in [2.24, 2.45) is 16.8 Å². The largest absolute Gasteiger partial charge is 0.497 e. The summed E-state index contributed by atoms with van der Waals surface area (Å²) in [4.78, 5) is 25.6. The van der Waals surface area contributed by atoms with E-state index in [-0.39, 0.29) is 37.4 Å². The van der Waals surface area contributed by atoms with E-state index in [0.717, 1.165) is 29.8 Å². The summed E-state index contributed by atoms with van der Waals surface area (Å²) < 4.78 is 35.3. The quantitative estimate of drug-likeness (QED) is 0.0201. The number of nitriles is 1. The molecule has 0 saturated carbocycles. The van der Waals surface area contributed by atoms with Gasteiger partial charge in [-0.2, -0.15) is 10.2 Å². The van der Waals surface area contributed by atoms with Crippen LogP contribution < -0.4 is 15.2 Å². The van der Waals surface area contributed by atoms with Gasteiger partial charge in [0.2, 0.25) is 0 Å². The van der Waals surface area contributed by atoms with Crippen LogP contribution in [0.25, 0.3) is 0 Å². The second-order valence-corrected chi connectivity index (χ2v) is 19.0. The van der Waals surface area contributed by atoms with E-state index in [2.05, 4.69) is 87.9 Å². The molecule has 348 valence electrons. The zero-order valence-electron chi connectivity index (χ0n) is 39.8. The molecule has 0 radical (unpaired) electrons. The standard InChI is InChI=1S/C51H67N6O7P/c1-12-17-39-33-56(50(59)54-49(39)53-34-55(31-35(2)3)32-36(4)5)46-30-45(64-65(62-29-16-28-52)57(37(6)7)38(8)9)47(63-46)48(58)51(40-18-14-13-15-19-40,41-20-24-43(60-10)25-21-41)42-22-26-44(61-11)27-23-42/h13-15,18-27,33-38,45-48,58H,16,29-32H2,1-11H3/t45-,46+,47-,48?,65?/m0/s1. The normalized spacial score (nSPS) is 17.4. The van der Waals surface area contributed by atoms with Gasteiger partial charge in [-0.1, -0.05) is 88.2 Å². The van der Waals surface area contributed by atoms with Crippen molar-refractivity contribution in [2.45, 2.75) is 117 Å². The maximum atomic E-state index is 14.3. The number of hydrogen-bond donors (Lipinski definition) is 1. The fourth-order valence-corrected chi connectivity index (χ4v) is 10.3. The van der Waals surface area contributed by atoms with Gasteiger partial charge < -0.3 is 33.3 Å². The summed E-state index contributed by atoms with van der Waals surface area (Å²) in [6.07, 6.45) is -0.506. The molecule has 1 N–H and O–H groups in total. The van der Waals surface area contributed by atoms with Gasteiger partial charge in [0.15, 0.2) is 5.82 Å². The summed E-state index contributed by atoms with van der Waals surface area (Å²) in [5, 5.41) is 23.1. The van der Waals surface area contributed by atoms with E-state index >= 15 is 0 Å². The fourth-order valence-electron chi connectivity index (χ4n) is 8.53. The van der Waals surface area contributed by atoms with Gasteiger partial charge in [0.25, 0.3) is 8.53 Å². The Kier molecular flexibility index (Phi) is 18.7. The molecule has 1 aliphatic rings. The Morgan fingerprint density at radius 1 is 0.908 bits per heavy atom. The minimum atomic E-state index is -1.82. The number of methoxy groups -OCH3 is 2. The molecule has 13 nitrogen and oxygen atoms in total. The number of nitrogens with zero attached hydrogens (tertiary/aromatic N) is 6. The molecule has 14 heteroatoms. The highest BCUT2D eigenvalue weighted by molar-refractivity contribution is 7.44. The molecule has 0 aliphatic carbocycles. The molecule has 65 heavy (non-hydrogen) atoms. The Morgan fingerprint density at radius 3 is 1.95 bits per heavy atom. The van der Waals surface area contributed by atoms with Crippen LogP contribution in [0.5, 0.6) is 11.5 Å². The lowest BCUT2D eigenvalue weighted by atomic mass is 9.64. The van der Waals surface area contributed by atoms with E-state index in [1.165, 1.54) is 4.57 Å². The summed E-state index contributed by atoms with van der Waals surface area (Å²) in [6, 6.07) is 27.3. The molecule has 0 bridgehead atoms. The first kappa shape index (κ1) is 50.9. The third-order valence-corrected chi connectivity index (χ3v) is 13.3. The Morgan fingerprint density at radius 2 is 1.46 bits per heavy atom. The van der Waals surface area contributed by atoms with E-state index in [0.29, 0.717) is 28.9 Å². The van der Waals surface area contributed by atoms with Crippen molar-refractivity contribution < 1.29 is 28.4 Å². The van der Waals surface area contributed by atoms with E-state index < -0.39 is 44.2 Å². The van der Waals surface area contributed by atoms with Gasteiger partial charge in [0.05, 0.1) is 56.7 Å². The maximum absolute atomic E-state index is 14.3. The molecule has 1 aliphatic heterocycles. The van der Waals surface area contributed by atoms with Crippen molar-refractivity contribution in [2.75, 3.05) is 33.9 Å². The first-order chi connectivity index (χ1) is 31.2. The molecule has 0 spiro atoms. The number of aromatic nitrogens is 2. The molecule has 0 amide bonds. The van der Waals surface area contributed by atoms with Crippen LogP contribution in [-0.4, -0.2) is 94.9 Å². The minimum Gasteiger partial charge on any atom is -0.497 e. The van der Waals surface area contributed by atoms with Crippen LogP contribution in [0, 0.1) is 35.0 Å². The molecular formula is C51H67N6O7P. The van der Waals surface area contributed by atoms with E-state index in [1.54, 1.807) is 33.7 Å². The van der Waals surface area contributed by atoms with Gasteiger partial charge >= 0.3 is 5.69 Å². The summed E-state index contributed by atoms with van der Waals surface area (Å²) in [7, 11) is 1.41. The van der Waals surface area contributed by atoms with Crippen molar-refractivity contribution in [3.8, 4) is 29.4 Å². The topological polar surface area (TPSA) is 144 Å². The number of aliphatic hydroxyl groups is 1. The first-order valence-electron chi connectivity index (χ1n) is 22.5. The first-order valence-corrected chi connectivity index (χ1v) is 23.6. The van der Waals surface area contributed by atoms with Gasteiger partial charge in [0, 0.05) is 37.8 Å². The highest BCUT2D eigenvalue weighted by Crippen LogP contribution is 2.53. The van der Waals surface area contributed by atoms with Crippen molar-refractivity contribution in [3.05, 3.63) is 118 Å².